The van der Waals surface area contributed by atoms with E-state index in [1.54, 1.807) is 0 Å². The Kier molecular flexibility index (Phi) is 5.39. The first kappa shape index (κ1) is 13.3. The molecule has 0 amide bonds. The van der Waals surface area contributed by atoms with Crippen LogP contribution in [0.2, 0.25) is 0 Å². The molecule has 1 rings (SSSR count). The highest BCUT2D eigenvalue weighted by molar-refractivity contribution is 7.98. The Balaban J connectivity index is 2.17. The molecule has 0 radical (unpaired) electrons. The van der Waals surface area contributed by atoms with Gasteiger partial charge in [-0.3, -0.25) is 0 Å². The minimum Gasteiger partial charge on any atom is -0.349 e. The van der Waals surface area contributed by atoms with Crippen molar-refractivity contribution in [3.8, 4) is 0 Å². The Morgan fingerprint density at radius 2 is 2.00 bits per heavy atom. The zero-order valence-electron chi connectivity index (χ0n) is 10.2. The molecule has 0 spiro atoms. The lowest BCUT2D eigenvalue weighted by atomic mass is 10.2. The molecule has 1 aliphatic rings. The lowest BCUT2D eigenvalue weighted by molar-refractivity contribution is -0.253. The Bertz CT molecular complexity index is 177. The molecule has 1 atom stereocenters. The van der Waals surface area contributed by atoms with Crippen LogP contribution in [0.25, 0.3) is 0 Å². The largest absolute Gasteiger partial charge is 0.349 e. The predicted molar refractivity (Wildman–Crippen MR) is 65.4 cm³/mol. The predicted octanol–water partition coefficient (Wildman–Crippen LogP) is 1.87. The second-order valence-corrected chi connectivity index (χ2v) is 5.55. The average Bonchev–Trinajstić information content (AvgIpc) is 2.18. The Labute approximate surface area is 97.3 Å². The molecule has 1 N–H and O–H groups in total. The first-order valence-corrected chi connectivity index (χ1v) is 6.96. The quantitative estimate of drug-likeness (QED) is 0.785. The molecule has 1 unspecified atom stereocenters. The molecule has 15 heavy (non-hydrogen) atoms. The van der Waals surface area contributed by atoms with Crippen molar-refractivity contribution in [2.75, 3.05) is 25.2 Å². The zero-order valence-corrected chi connectivity index (χ0v) is 11.0. The van der Waals surface area contributed by atoms with E-state index in [0.29, 0.717) is 12.1 Å². The van der Waals surface area contributed by atoms with Gasteiger partial charge in [0.1, 0.15) is 0 Å². The fourth-order valence-electron chi connectivity index (χ4n) is 1.57. The van der Waals surface area contributed by atoms with Gasteiger partial charge in [0, 0.05) is 6.04 Å². The molecule has 0 aliphatic carbocycles. The van der Waals surface area contributed by atoms with Crippen LogP contribution in [0.4, 0.5) is 0 Å². The van der Waals surface area contributed by atoms with Gasteiger partial charge in [0.25, 0.3) is 0 Å². The molecule has 1 fully saturated rings. The summed E-state index contributed by atoms with van der Waals surface area (Å²) in [7, 11) is 0. The molecule has 0 aromatic rings. The van der Waals surface area contributed by atoms with Gasteiger partial charge in [-0.1, -0.05) is 0 Å². The van der Waals surface area contributed by atoms with Gasteiger partial charge in [0.05, 0.1) is 19.3 Å². The van der Waals surface area contributed by atoms with Crippen LogP contribution in [0.15, 0.2) is 0 Å². The summed E-state index contributed by atoms with van der Waals surface area (Å²) in [5.41, 5.74) is 0. The van der Waals surface area contributed by atoms with Crippen LogP contribution in [0.1, 0.15) is 27.2 Å². The fourth-order valence-corrected chi connectivity index (χ4v) is 2.16. The van der Waals surface area contributed by atoms with E-state index < -0.39 is 5.79 Å². The summed E-state index contributed by atoms with van der Waals surface area (Å²) in [6.07, 6.45) is 3.34. The van der Waals surface area contributed by atoms with E-state index in [4.69, 9.17) is 9.47 Å². The van der Waals surface area contributed by atoms with Gasteiger partial charge < -0.3 is 14.8 Å². The molecule has 3 nitrogen and oxygen atoms in total. The summed E-state index contributed by atoms with van der Waals surface area (Å²) in [6, 6.07) is 0.880. The number of hydrogen-bond acceptors (Lipinski definition) is 4. The van der Waals surface area contributed by atoms with Crippen LogP contribution in [-0.4, -0.2) is 43.1 Å². The highest BCUT2D eigenvalue weighted by Crippen LogP contribution is 2.17. The topological polar surface area (TPSA) is 30.5 Å². The van der Waals surface area contributed by atoms with Crippen LogP contribution in [-0.2, 0) is 9.47 Å². The first-order valence-electron chi connectivity index (χ1n) is 5.56. The number of nitrogens with one attached hydrogen (secondary N) is 1. The molecule has 4 heteroatoms. The fraction of sp³-hybridized carbons (Fsp3) is 1.00. The van der Waals surface area contributed by atoms with Crippen LogP contribution < -0.4 is 5.32 Å². The molecule has 0 aromatic heterocycles. The molecule has 0 bridgehead atoms. The van der Waals surface area contributed by atoms with Gasteiger partial charge in [-0.25, -0.2) is 0 Å². The lowest BCUT2D eigenvalue weighted by Crippen LogP contribution is -2.50. The Morgan fingerprint density at radius 3 is 2.53 bits per heavy atom. The summed E-state index contributed by atoms with van der Waals surface area (Å²) in [6.45, 7) is 7.63. The standard InChI is InChI=1S/C11H23NO2S/c1-9(5-6-15-4)12-10-7-13-11(2,3)14-8-10/h9-10,12H,5-8H2,1-4H3. The van der Waals surface area contributed by atoms with Gasteiger partial charge in [0.2, 0.25) is 0 Å². The third-order valence-corrected chi connectivity index (χ3v) is 3.18. The second kappa shape index (κ2) is 6.09. The molecule has 1 saturated heterocycles. The zero-order chi connectivity index (χ0) is 11.3. The third-order valence-electron chi connectivity index (χ3n) is 2.54. The number of ether oxygens (including phenoxy) is 2. The van der Waals surface area contributed by atoms with E-state index in [1.165, 1.54) is 12.2 Å². The van der Waals surface area contributed by atoms with E-state index in [1.807, 2.05) is 25.6 Å². The maximum Gasteiger partial charge on any atom is 0.162 e. The average molecular weight is 233 g/mol. The molecular formula is C11H23NO2S. The number of thioether (sulfide) groups is 1. The summed E-state index contributed by atoms with van der Waals surface area (Å²) >= 11 is 1.89. The van der Waals surface area contributed by atoms with Crippen molar-refractivity contribution in [2.24, 2.45) is 0 Å². The van der Waals surface area contributed by atoms with Crippen LogP contribution in [0.5, 0.6) is 0 Å². The minimum atomic E-state index is -0.402. The van der Waals surface area contributed by atoms with Gasteiger partial charge in [0.15, 0.2) is 5.79 Å². The molecule has 1 aliphatic heterocycles. The Hall–Kier alpha value is 0.230. The van der Waals surface area contributed by atoms with E-state index >= 15 is 0 Å². The summed E-state index contributed by atoms with van der Waals surface area (Å²) in [5, 5.41) is 3.53. The second-order valence-electron chi connectivity index (χ2n) is 4.57. The van der Waals surface area contributed by atoms with E-state index in [9.17, 15) is 0 Å². The lowest BCUT2D eigenvalue weighted by Gasteiger charge is -2.36. The van der Waals surface area contributed by atoms with Crippen LogP contribution in [0.3, 0.4) is 0 Å². The van der Waals surface area contributed by atoms with E-state index in [-0.39, 0.29) is 0 Å². The summed E-state index contributed by atoms with van der Waals surface area (Å²) < 4.78 is 11.2. The van der Waals surface area contributed by atoms with E-state index in [0.717, 1.165) is 13.2 Å². The van der Waals surface area contributed by atoms with Gasteiger partial charge in [-0.05, 0) is 39.2 Å². The van der Waals surface area contributed by atoms with Gasteiger partial charge >= 0.3 is 0 Å². The SMILES string of the molecule is CSCCC(C)NC1COC(C)(C)OC1. The molecule has 1 heterocycles. The van der Waals surface area contributed by atoms with Crippen LogP contribution >= 0.6 is 11.8 Å². The number of hydrogen-bond donors (Lipinski definition) is 1. The van der Waals surface area contributed by atoms with Crippen molar-refractivity contribution in [3.63, 3.8) is 0 Å². The highest BCUT2D eigenvalue weighted by atomic mass is 32.2. The van der Waals surface area contributed by atoms with Crippen molar-refractivity contribution in [2.45, 2.75) is 45.1 Å². The smallest absolute Gasteiger partial charge is 0.162 e. The maximum absolute atomic E-state index is 5.59. The Morgan fingerprint density at radius 1 is 1.40 bits per heavy atom. The van der Waals surface area contributed by atoms with Gasteiger partial charge in [-0.15, -0.1) is 0 Å². The van der Waals surface area contributed by atoms with E-state index in [2.05, 4.69) is 18.5 Å². The normalized spacial score (nSPS) is 24.0. The monoisotopic (exact) mass is 233 g/mol. The summed E-state index contributed by atoms with van der Waals surface area (Å²) in [5.74, 6) is 0.800. The summed E-state index contributed by atoms with van der Waals surface area (Å²) in [4.78, 5) is 0. The first-order chi connectivity index (χ1) is 7.03. The van der Waals surface area contributed by atoms with Crippen molar-refractivity contribution in [1.29, 1.82) is 0 Å². The molecular weight excluding hydrogens is 210 g/mol. The van der Waals surface area contributed by atoms with Crippen molar-refractivity contribution in [3.05, 3.63) is 0 Å². The number of rotatable bonds is 5. The maximum atomic E-state index is 5.59. The van der Waals surface area contributed by atoms with Crippen LogP contribution in [0, 0.1) is 0 Å². The van der Waals surface area contributed by atoms with Crippen molar-refractivity contribution < 1.29 is 9.47 Å². The highest BCUT2D eigenvalue weighted by Gasteiger charge is 2.28. The minimum absolute atomic E-state index is 0.342. The van der Waals surface area contributed by atoms with Crippen molar-refractivity contribution >= 4 is 11.8 Å². The van der Waals surface area contributed by atoms with Crippen molar-refractivity contribution in [1.82, 2.24) is 5.32 Å². The molecule has 0 saturated carbocycles. The third kappa shape index (κ3) is 5.20. The molecule has 0 aromatic carbocycles. The molecule has 90 valence electrons. The van der Waals surface area contributed by atoms with Gasteiger partial charge in [-0.2, -0.15) is 11.8 Å².